The molecule has 32 heavy (non-hydrogen) atoms. The van der Waals surface area contributed by atoms with Crippen molar-refractivity contribution in [3.63, 3.8) is 0 Å². The van der Waals surface area contributed by atoms with E-state index < -0.39 is 11.9 Å². The van der Waals surface area contributed by atoms with E-state index in [2.05, 4.69) is 37.7 Å². The SMILES string of the molecule is COC(=O)COC(=O)/C(C)=C/CC/C(C)=C/CC[C@]1(C)CCc2cc(OC)cc(C)c2O1. The molecule has 0 aromatic heterocycles. The molecule has 6 heteroatoms. The van der Waals surface area contributed by atoms with E-state index in [1.165, 1.54) is 18.2 Å². The first-order valence-electron chi connectivity index (χ1n) is 11.1. The number of hydrogen-bond acceptors (Lipinski definition) is 6. The van der Waals surface area contributed by atoms with Crippen LogP contribution in [0.1, 0.15) is 64.0 Å². The Hall–Kier alpha value is -2.76. The van der Waals surface area contributed by atoms with Crippen molar-refractivity contribution in [1.82, 2.24) is 0 Å². The topological polar surface area (TPSA) is 71.1 Å². The van der Waals surface area contributed by atoms with Gasteiger partial charge in [0.15, 0.2) is 6.61 Å². The van der Waals surface area contributed by atoms with Crippen molar-refractivity contribution in [3.8, 4) is 11.5 Å². The number of hydrogen-bond donors (Lipinski definition) is 0. The van der Waals surface area contributed by atoms with Gasteiger partial charge >= 0.3 is 11.9 Å². The molecule has 1 heterocycles. The number of carbonyl (C=O) groups is 2. The highest BCUT2D eigenvalue weighted by Gasteiger charge is 2.32. The minimum absolute atomic E-state index is 0.178. The summed E-state index contributed by atoms with van der Waals surface area (Å²) < 4.78 is 21.2. The Morgan fingerprint density at radius 1 is 1.16 bits per heavy atom. The largest absolute Gasteiger partial charge is 0.497 e. The van der Waals surface area contributed by atoms with Gasteiger partial charge in [0.05, 0.1) is 14.2 Å². The van der Waals surface area contributed by atoms with Crippen LogP contribution in [0.25, 0.3) is 0 Å². The van der Waals surface area contributed by atoms with Crippen LogP contribution in [0.4, 0.5) is 0 Å². The number of benzene rings is 1. The van der Waals surface area contributed by atoms with Gasteiger partial charge in [0, 0.05) is 5.57 Å². The quantitative estimate of drug-likeness (QED) is 0.279. The van der Waals surface area contributed by atoms with Crippen LogP contribution in [-0.4, -0.2) is 38.4 Å². The van der Waals surface area contributed by atoms with Crippen LogP contribution in [0.15, 0.2) is 35.4 Å². The molecule has 1 aliphatic heterocycles. The highest BCUT2D eigenvalue weighted by atomic mass is 16.6. The molecule has 1 aromatic rings. The summed E-state index contributed by atoms with van der Waals surface area (Å²) in [5.41, 5.74) is 3.93. The standard InChI is InChI=1S/C26H36O6/c1-18(9-7-11-19(2)25(28)31-17-23(27)30-6)10-8-13-26(4)14-12-21-16-22(29-5)15-20(3)24(21)32-26/h10-11,15-16H,7-9,12-14,17H2,1-6H3/b18-10+,19-11+/t26-/m1/s1. The summed E-state index contributed by atoms with van der Waals surface area (Å²) >= 11 is 0. The van der Waals surface area contributed by atoms with Gasteiger partial charge < -0.3 is 18.9 Å². The maximum absolute atomic E-state index is 11.8. The van der Waals surface area contributed by atoms with Crippen molar-refractivity contribution in [2.75, 3.05) is 20.8 Å². The second-order valence-corrected chi connectivity index (χ2v) is 8.65. The maximum Gasteiger partial charge on any atom is 0.344 e. The lowest BCUT2D eigenvalue weighted by atomic mass is 9.87. The van der Waals surface area contributed by atoms with Crippen LogP contribution in [-0.2, 0) is 25.5 Å². The molecule has 0 N–H and O–H groups in total. The van der Waals surface area contributed by atoms with Crippen LogP contribution in [0.5, 0.6) is 11.5 Å². The van der Waals surface area contributed by atoms with Gasteiger partial charge in [0.1, 0.15) is 17.1 Å². The van der Waals surface area contributed by atoms with Crippen LogP contribution in [0, 0.1) is 6.92 Å². The fourth-order valence-corrected chi connectivity index (χ4v) is 3.76. The average molecular weight is 445 g/mol. The number of methoxy groups -OCH3 is 2. The molecule has 176 valence electrons. The van der Waals surface area contributed by atoms with Gasteiger partial charge in [-0.3, -0.25) is 0 Å². The number of ether oxygens (including phenoxy) is 4. The molecule has 0 unspecified atom stereocenters. The minimum atomic E-state index is -0.570. The monoisotopic (exact) mass is 444 g/mol. The molecule has 1 aromatic carbocycles. The number of allylic oxidation sites excluding steroid dienone is 3. The van der Waals surface area contributed by atoms with Crippen molar-refractivity contribution in [2.24, 2.45) is 0 Å². The number of rotatable bonds is 10. The van der Waals surface area contributed by atoms with Crippen LogP contribution < -0.4 is 9.47 Å². The van der Waals surface area contributed by atoms with Gasteiger partial charge in [-0.05, 0) is 89.5 Å². The third kappa shape index (κ3) is 7.43. The second-order valence-electron chi connectivity index (χ2n) is 8.65. The molecule has 0 saturated carbocycles. The Labute approximate surface area is 191 Å². The lowest BCUT2D eigenvalue weighted by Crippen LogP contribution is -2.36. The van der Waals surface area contributed by atoms with Crippen molar-refractivity contribution >= 4 is 11.9 Å². The van der Waals surface area contributed by atoms with E-state index in [0.29, 0.717) is 5.57 Å². The maximum atomic E-state index is 11.8. The second kappa shape index (κ2) is 11.7. The molecular weight excluding hydrogens is 408 g/mol. The summed E-state index contributed by atoms with van der Waals surface area (Å²) in [5.74, 6) is 0.819. The predicted molar refractivity (Wildman–Crippen MR) is 124 cm³/mol. The molecule has 2 rings (SSSR count). The van der Waals surface area contributed by atoms with E-state index in [1.807, 2.05) is 12.1 Å². The van der Waals surface area contributed by atoms with Gasteiger partial charge in [-0.15, -0.1) is 0 Å². The van der Waals surface area contributed by atoms with E-state index in [4.69, 9.17) is 14.2 Å². The van der Waals surface area contributed by atoms with E-state index in [-0.39, 0.29) is 12.2 Å². The number of fused-ring (bicyclic) bond motifs is 1. The zero-order valence-corrected chi connectivity index (χ0v) is 20.2. The van der Waals surface area contributed by atoms with Gasteiger partial charge in [-0.25, -0.2) is 9.59 Å². The van der Waals surface area contributed by atoms with E-state index >= 15 is 0 Å². The van der Waals surface area contributed by atoms with Crippen molar-refractivity contribution in [3.05, 3.63) is 46.6 Å². The molecule has 0 bridgehead atoms. The Morgan fingerprint density at radius 3 is 2.59 bits per heavy atom. The first-order chi connectivity index (χ1) is 15.2. The lowest BCUT2D eigenvalue weighted by molar-refractivity contribution is -0.154. The minimum Gasteiger partial charge on any atom is -0.497 e. The molecule has 1 aliphatic rings. The van der Waals surface area contributed by atoms with E-state index in [9.17, 15) is 9.59 Å². The fraction of sp³-hybridized carbons (Fsp3) is 0.538. The Bertz CT molecular complexity index is 883. The summed E-state index contributed by atoms with van der Waals surface area (Å²) in [6.07, 6.45) is 9.56. The van der Waals surface area contributed by atoms with Gasteiger partial charge in [0.2, 0.25) is 0 Å². The van der Waals surface area contributed by atoms with E-state index in [0.717, 1.165) is 55.6 Å². The molecule has 0 aliphatic carbocycles. The van der Waals surface area contributed by atoms with Crippen molar-refractivity contribution < 1.29 is 28.5 Å². The van der Waals surface area contributed by atoms with Crippen LogP contribution in [0.2, 0.25) is 0 Å². The number of carbonyl (C=O) groups excluding carboxylic acids is 2. The van der Waals surface area contributed by atoms with Gasteiger partial charge in [0.25, 0.3) is 0 Å². The average Bonchev–Trinajstić information content (AvgIpc) is 2.77. The normalized spacial score (nSPS) is 18.4. The Balaban J connectivity index is 1.81. The van der Waals surface area contributed by atoms with Gasteiger partial charge in [-0.1, -0.05) is 17.7 Å². The smallest absolute Gasteiger partial charge is 0.344 e. The Kier molecular flexibility index (Phi) is 9.36. The molecule has 0 spiro atoms. The molecular formula is C26H36O6. The summed E-state index contributed by atoms with van der Waals surface area (Å²) in [7, 11) is 2.95. The van der Waals surface area contributed by atoms with Crippen molar-refractivity contribution in [1.29, 1.82) is 0 Å². The fourth-order valence-electron chi connectivity index (χ4n) is 3.76. The zero-order valence-electron chi connectivity index (χ0n) is 20.2. The first-order valence-corrected chi connectivity index (χ1v) is 11.1. The van der Waals surface area contributed by atoms with Gasteiger partial charge in [-0.2, -0.15) is 0 Å². The third-order valence-electron chi connectivity index (χ3n) is 5.86. The third-order valence-corrected chi connectivity index (χ3v) is 5.86. The molecule has 0 saturated heterocycles. The molecule has 6 nitrogen and oxygen atoms in total. The predicted octanol–water partition coefficient (Wildman–Crippen LogP) is 5.26. The number of aryl methyl sites for hydroxylation is 2. The summed E-state index contributed by atoms with van der Waals surface area (Å²) in [4.78, 5) is 22.9. The summed E-state index contributed by atoms with van der Waals surface area (Å²) in [6, 6.07) is 4.10. The Morgan fingerprint density at radius 2 is 1.91 bits per heavy atom. The summed E-state index contributed by atoms with van der Waals surface area (Å²) in [5, 5.41) is 0. The summed E-state index contributed by atoms with van der Waals surface area (Å²) in [6.45, 7) is 7.69. The first kappa shape index (κ1) is 25.5. The highest BCUT2D eigenvalue weighted by molar-refractivity contribution is 5.89. The van der Waals surface area contributed by atoms with Crippen LogP contribution >= 0.6 is 0 Å². The highest BCUT2D eigenvalue weighted by Crippen LogP contribution is 2.40. The van der Waals surface area contributed by atoms with E-state index in [1.54, 1.807) is 14.0 Å². The molecule has 0 amide bonds. The van der Waals surface area contributed by atoms with Crippen LogP contribution in [0.3, 0.4) is 0 Å². The molecule has 0 radical (unpaired) electrons. The number of esters is 2. The molecule has 1 atom stereocenters. The van der Waals surface area contributed by atoms with Crippen molar-refractivity contribution in [2.45, 2.75) is 71.8 Å². The molecule has 0 fully saturated rings. The lowest BCUT2D eigenvalue weighted by Gasteiger charge is -2.37. The zero-order chi connectivity index (χ0) is 23.7.